The summed E-state index contributed by atoms with van der Waals surface area (Å²) in [6.07, 6.45) is 4.67. The third-order valence-electron chi connectivity index (χ3n) is 4.88. The van der Waals surface area contributed by atoms with Crippen LogP contribution in [0.3, 0.4) is 0 Å². The van der Waals surface area contributed by atoms with Gasteiger partial charge in [0.05, 0.1) is 16.7 Å². The molecule has 0 amide bonds. The smallest absolute Gasteiger partial charge is 0.270 e. The largest absolute Gasteiger partial charge is 0.370 e. The summed E-state index contributed by atoms with van der Waals surface area (Å²) < 4.78 is 0. The molecule has 0 unspecified atom stereocenters. The van der Waals surface area contributed by atoms with Crippen molar-refractivity contribution in [1.29, 1.82) is 5.26 Å². The predicted octanol–water partition coefficient (Wildman–Crippen LogP) is 4.41. The molecule has 1 saturated heterocycles. The van der Waals surface area contributed by atoms with Gasteiger partial charge in [-0.25, -0.2) is 0 Å². The van der Waals surface area contributed by atoms with Crippen molar-refractivity contribution in [2.45, 2.75) is 19.3 Å². The highest BCUT2D eigenvalue weighted by molar-refractivity contribution is 5.68. The number of likely N-dealkylation sites (tertiary alicyclic amines) is 1. The van der Waals surface area contributed by atoms with E-state index in [1.54, 1.807) is 12.1 Å². The number of hydrogen-bond donors (Lipinski definition) is 0. The summed E-state index contributed by atoms with van der Waals surface area (Å²) in [5, 5.41) is 20.2. The van der Waals surface area contributed by atoms with Crippen molar-refractivity contribution in [2.24, 2.45) is 5.92 Å². The summed E-state index contributed by atoms with van der Waals surface area (Å²) in [5.41, 5.74) is 2.90. The lowest BCUT2D eigenvalue weighted by molar-refractivity contribution is -0.384. The van der Waals surface area contributed by atoms with E-state index in [-0.39, 0.29) is 5.69 Å². The van der Waals surface area contributed by atoms with Crippen LogP contribution in [0.1, 0.15) is 24.0 Å². The molecule has 0 N–H and O–H groups in total. The lowest BCUT2D eigenvalue weighted by atomic mass is 9.89. The van der Waals surface area contributed by atoms with Crippen LogP contribution >= 0.6 is 0 Å². The number of piperidine rings is 1. The fraction of sp³-hybridized carbons (Fsp3) is 0.286. The Bertz CT molecular complexity index is 832. The van der Waals surface area contributed by atoms with Gasteiger partial charge in [-0.15, -0.1) is 0 Å². The maximum atomic E-state index is 11.0. The molecule has 26 heavy (non-hydrogen) atoms. The highest BCUT2D eigenvalue weighted by atomic mass is 16.6. The highest BCUT2D eigenvalue weighted by Crippen LogP contribution is 2.29. The van der Waals surface area contributed by atoms with Crippen LogP contribution < -0.4 is 0 Å². The van der Waals surface area contributed by atoms with Crippen LogP contribution in [0.4, 0.5) is 5.69 Å². The Morgan fingerprint density at radius 1 is 1.19 bits per heavy atom. The molecule has 2 aromatic carbocycles. The number of nitriles is 1. The van der Waals surface area contributed by atoms with E-state index in [0.717, 1.165) is 43.6 Å². The molecule has 5 heteroatoms. The Labute approximate surface area is 153 Å². The SMILES string of the molecule is N#C/C=C(\c1cccc([N+](=O)[O-])c1)N1CCC(Cc2ccccc2)CC1. The van der Waals surface area contributed by atoms with Gasteiger partial charge in [-0.05, 0) is 30.7 Å². The van der Waals surface area contributed by atoms with Crippen molar-refractivity contribution >= 4 is 11.4 Å². The van der Waals surface area contributed by atoms with E-state index in [2.05, 4.69) is 35.2 Å². The van der Waals surface area contributed by atoms with Crippen LogP contribution in [0.5, 0.6) is 0 Å². The van der Waals surface area contributed by atoms with Crippen molar-refractivity contribution in [2.75, 3.05) is 13.1 Å². The van der Waals surface area contributed by atoms with E-state index in [0.29, 0.717) is 5.92 Å². The molecule has 3 rings (SSSR count). The molecular formula is C21H21N3O2. The Hall–Kier alpha value is -3.13. The zero-order valence-corrected chi connectivity index (χ0v) is 14.5. The second-order valence-electron chi connectivity index (χ2n) is 6.59. The molecule has 0 spiro atoms. The molecule has 0 radical (unpaired) electrons. The monoisotopic (exact) mass is 347 g/mol. The molecule has 1 heterocycles. The lowest BCUT2D eigenvalue weighted by Crippen LogP contribution is -2.33. The number of allylic oxidation sites excluding steroid dienone is 1. The van der Waals surface area contributed by atoms with Crippen molar-refractivity contribution in [3.05, 3.63) is 81.9 Å². The molecule has 0 saturated carbocycles. The Kier molecular flexibility index (Phi) is 5.65. The summed E-state index contributed by atoms with van der Waals surface area (Å²) >= 11 is 0. The predicted molar refractivity (Wildman–Crippen MR) is 101 cm³/mol. The highest BCUT2D eigenvalue weighted by Gasteiger charge is 2.22. The molecular weight excluding hydrogens is 326 g/mol. The van der Waals surface area contributed by atoms with Gasteiger partial charge in [0.15, 0.2) is 0 Å². The van der Waals surface area contributed by atoms with Crippen molar-refractivity contribution in [3.8, 4) is 6.07 Å². The zero-order chi connectivity index (χ0) is 18.4. The van der Waals surface area contributed by atoms with Crippen LogP contribution in [0.2, 0.25) is 0 Å². The number of rotatable bonds is 5. The molecule has 0 aliphatic carbocycles. The molecule has 0 aromatic heterocycles. The average molecular weight is 347 g/mol. The van der Waals surface area contributed by atoms with Crippen LogP contribution in [0, 0.1) is 27.4 Å². The summed E-state index contributed by atoms with van der Waals surface area (Å²) in [6, 6.07) is 19.1. The van der Waals surface area contributed by atoms with Gasteiger partial charge in [0.2, 0.25) is 0 Å². The third kappa shape index (κ3) is 4.28. The minimum atomic E-state index is -0.403. The number of nitrogens with zero attached hydrogens (tertiary/aromatic N) is 3. The first-order chi connectivity index (χ1) is 12.7. The first-order valence-electron chi connectivity index (χ1n) is 8.81. The van der Waals surface area contributed by atoms with Crippen LogP contribution in [-0.2, 0) is 6.42 Å². The van der Waals surface area contributed by atoms with Crippen molar-refractivity contribution < 1.29 is 4.92 Å². The lowest BCUT2D eigenvalue weighted by Gasteiger charge is -2.35. The van der Waals surface area contributed by atoms with E-state index in [1.165, 1.54) is 17.7 Å². The number of nitro benzene ring substituents is 1. The van der Waals surface area contributed by atoms with E-state index in [1.807, 2.05) is 12.1 Å². The van der Waals surface area contributed by atoms with Gasteiger partial charge >= 0.3 is 0 Å². The molecule has 132 valence electrons. The van der Waals surface area contributed by atoms with Gasteiger partial charge in [-0.1, -0.05) is 42.5 Å². The van der Waals surface area contributed by atoms with Gasteiger partial charge in [0.1, 0.15) is 0 Å². The molecule has 2 aromatic rings. The molecule has 0 bridgehead atoms. The van der Waals surface area contributed by atoms with Crippen LogP contribution in [0.15, 0.2) is 60.7 Å². The van der Waals surface area contributed by atoms with Gasteiger partial charge in [0, 0.05) is 36.9 Å². The molecule has 1 aliphatic rings. The van der Waals surface area contributed by atoms with Crippen molar-refractivity contribution in [3.63, 3.8) is 0 Å². The van der Waals surface area contributed by atoms with Gasteiger partial charge < -0.3 is 4.90 Å². The average Bonchev–Trinajstić information content (AvgIpc) is 2.68. The van der Waals surface area contributed by atoms with Gasteiger partial charge in [-0.2, -0.15) is 5.26 Å². The number of non-ortho nitro benzene ring substituents is 1. The van der Waals surface area contributed by atoms with Crippen LogP contribution in [-0.4, -0.2) is 22.9 Å². The van der Waals surface area contributed by atoms with Gasteiger partial charge in [0.25, 0.3) is 5.69 Å². The maximum Gasteiger partial charge on any atom is 0.270 e. The summed E-state index contributed by atoms with van der Waals surface area (Å²) in [4.78, 5) is 12.8. The number of benzene rings is 2. The fourth-order valence-electron chi connectivity index (χ4n) is 3.52. The summed E-state index contributed by atoms with van der Waals surface area (Å²) in [5.74, 6) is 0.627. The molecule has 0 atom stereocenters. The Balaban J connectivity index is 1.69. The normalized spacial score (nSPS) is 15.5. The first kappa shape index (κ1) is 17.7. The Morgan fingerprint density at radius 2 is 1.92 bits per heavy atom. The van der Waals surface area contributed by atoms with E-state index >= 15 is 0 Å². The second-order valence-corrected chi connectivity index (χ2v) is 6.59. The fourth-order valence-corrected chi connectivity index (χ4v) is 3.52. The summed E-state index contributed by atoms with van der Waals surface area (Å²) in [7, 11) is 0. The van der Waals surface area contributed by atoms with E-state index in [9.17, 15) is 10.1 Å². The minimum Gasteiger partial charge on any atom is -0.370 e. The van der Waals surface area contributed by atoms with Gasteiger partial charge in [-0.3, -0.25) is 10.1 Å². The van der Waals surface area contributed by atoms with E-state index in [4.69, 9.17) is 5.26 Å². The number of hydrogen-bond acceptors (Lipinski definition) is 4. The first-order valence-corrected chi connectivity index (χ1v) is 8.81. The molecule has 5 nitrogen and oxygen atoms in total. The molecule has 1 fully saturated rings. The third-order valence-corrected chi connectivity index (χ3v) is 4.88. The zero-order valence-electron chi connectivity index (χ0n) is 14.5. The number of nitro groups is 1. The second kappa shape index (κ2) is 8.30. The topological polar surface area (TPSA) is 70.2 Å². The van der Waals surface area contributed by atoms with Crippen LogP contribution in [0.25, 0.3) is 5.70 Å². The van der Waals surface area contributed by atoms with Crippen molar-refractivity contribution in [1.82, 2.24) is 4.90 Å². The minimum absolute atomic E-state index is 0.0466. The standard InChI is InChI=1S/C21H21N3O2/c22-12-9-21(19-7-4-8-20(16-19)24(25)26)23-13-10-18(11-14-23)15-17-5-2-1-3-6-17/h1-9,16,18H,10-11,13-15H2/b21-9+. The van der Waals surface area contributed by atoms with E-state index < -0.39 is 4.92 Å². The maximum absolute atomic E-state index is 11.0. The summed E-state index contributed by atoms with van der Waals surface area (Å²) in [6.45, 7) is 1.71. The Morgan fingerprint density at radius 3 is 2.58 bits per heavy atom. The molecule has 1 aliphatic heterocycles. The quantitative estimate of drug-likeness (QED) is 0.456.